The molecule has 1 aromatic carbocycles. The maximum atomic E-state index is 13.3. The number of carbonyl (C=O) groups excluding carboxylic acids is 3. The van der Waals surface area contributed by atoms with Crippen molar-refractivity contribution < 1.29 is 18.8 Å². The number of aromatic nitrogens is 1. The minimum absolute atomic E-state index is 0.299. The number of amides is 3. The first kappa shape index (κ1) is 22.0. The molecule has 0 bridgehead atoms. The normalized spacial score (nSPS) is 18.3. The summed E-state index contributed by atoms with van der Waals surface area (Å²) in [7, 11) is 0. The first-order valence-corrected chi connectivity index (χ1v) is 11.2. The Labute approximate surface area is 189 Å². The van der Waals surface area contributed by atoms with Crippen LogP contribution >= 0.6 is 11.3 Å². The predicted octanol–water partition coefficient (Wildman–Crippen LogP) is 4.20. The van der Waals surface area contributed by atoms with E-state index in [0.717, 1.165) is 29.3 Å². The second kappa shape index (κ2) is 8.35. The second-order valence-electron chi connectivity index (χ2n) is 8.14. The van der Waals surface area contributed by atoms with Gasteiger partial charge in [0.15, 0.2) is 5.78 Å². The third-order valence-corrected chi connectivity index (χ3v) is 6.97. The molecular weight excluding hydrogens is 429 g/mol. The lowest BCUT2D eigenvalue weighted by molar-refractivity contribution is -0.130. The number of hydrogen-bond acceptors (Lipinski definition) is 4. The number of nitrogens with zero attached hydrogens (tertiary/aromatic N) is 2. The van der Waals surface area contributed by atoms with E-state index < -0.39 is 23.3 Å². The maximum absolute atomic E-state index is 13.3. The number of imide groups is 1. The molecule has 1 saturated heterocycles. The number of aryl methyl sites for hydroxylation is 2. The van der Waals surface area contributed by atoms with Crippen molar-refractivity contribution in [1.29, 1.82) is 0 Å². The summed E-state index contributed by atoms with van der Waals surface area (Å²) in [6, 6.07) is 10.7. The first-order chi connectivity index (χ1) is 15.2. The van der Waals surface area contributed by atoms with Crippen LogP contribution < -0.4 is 5.32 Å². The maximum Gasteiger partial charge on any atom is 0.325 e. The highest BCUT2D eigenvalue weighted by Gasteiger charge is 2.49. The second-order valence-corrected chi connectivity index (χ2v) is 9.17. The summed E-state index contributed by atoms with van der Waals surface area (Å²) in [4.78, 5) is 40.9. The van der Waals surface area contributed by atoms with Crippen molar-refractivity contribution >= 4 is 29.1 Å². The molecule has 0 unspecified atom stereocenters. The number of benzene rings is 1. The Hall–Kier alpha value is -3.26. The monoisotopic (exact) mass is 453 g/mol. The highest BCUT2D eigenvalue weighted by molar-refractivity contribution is 7.09. The minimum Gasteiger partial charge on any atom is -0.348 e. The van der Waals surface area contributed by atoms with E-state index in [0.29, 0.717) is 11.1 Å². The number of hydrogen-bond donors (Lipinski definition) is 1. The molecule has 3 aromatic rings. The molecule has 4 rings (SSSR count). The molecule has 1 fully saturated rings. The van der Waals surface area contributed by atoms with Crippen LogP contribution in [0.3, 0.4) is 0 Å². The molecule has 3 amide bonds. The van der Waals surface area contributed by atoms with Crippen LogP contribution in [-0.2, 0) is 23.3 Å². The van der Waals surface area contributed by atoms with Gasteiger partial charge in [-0.3, -0.25) is 14.5 Å². The number of urea groups is 1. The smallest absolute Gasteiger partial charge is 0.325 e. The van der Waals surface area contributed by atoms with Gasteiger partial charge in [-0.1, -0.05) is 18.2 Å². The molecule has 6 nitrogen and oxygen atoms in total. The third-order valence-electron chi connectivity index (χ3n) is 6.03. The van der Waals surface area contributed by atoms with Crippen molar-refractivity contribution in [2.75, 3.05) is 6.54 Å². The van der Waals surface area contributed by atoms with Gasteiger partial charge in [0.1, 0.15) is 11.4 Å². The molecule has 166 valence electrons. The van der Waals surface area contributed by atoms with Crippen LogP contribution in [0.4, 0.5) is 9.18 Å². The quantitative estimate of drug-likeness (QED) is 0.431. The Kier molecular flexibility index (Phi) is 5.73. The van der Waals surface area contributed by atoms with Gasteiger partial charge in [0.2, 0.25) is 0 Å². The number of Topliss-reactive ketones (excluding diaryl/α,β-unsaturated/α-hetero) is 1. The van der Waals surface area contributed by atoms with Crippen molar-refractivity contribution in [3.63, 3.8) is 0 Å². The van der Waals surface area contributed by atoms with Crippen molar-refractivity contribution in [2.45, 2.75) is 39.3 Å². The topological polar surface area (TPSA) is 71.4 Å². The van der Waals surface area contributed by atoms with Gasteiger partial charge < -0.3 is 9.88 Å². The number of carbonyl (C=O) groups is 3. The molecule has 0 saturated carbocycles. The summed E-state index contributed by atoms with van der Waals surface area (Å²) in [5.41, 5.74) is 1.39. The number of ketones is 1. The molecule has 0 spiro atoms. The van der Waals surface area contributed by atoms with Gasteiger partial charge in [-0.15, -0.1) is 11.3 Å². The molecule has 1 aliphatic rings. The van der Waals surface area contributed by atoms with Crippen molar-refractivity contribution in [3.05, 3.63) is 81.1 Å². The fourth-order valence-corrected chi connectivity index (χ4v) is 4.85. The lowest BCUT2D eigenvalue weighted by Crippen LogP contribution is -2.41. The van der Waals surface area contributed by atoms with Crippen LogP contribution in [0.2, 0.25) is 0 Å². The van der Waals surface area contributed by atoms with E-state index in [1.54, 1.807) is 18.3 Å². The van der Waals surface area contributed by atoms with Gasteiger partial charge >= 0.3 is 6.03 Å². The van der Waals surface area contributed by atoms with Gasteiger partial charge in [0.05, 0.1) is 6.54 Å². The molecule has 0 radical (unpaired) electrons. The van der Waals surface area contributed by atoms with Gasteiger partial charge in [-0.25, -0.2) is 9.18 Å². The third kappa shape index (κ3) is 3.86. The van der Waals surface area contributed by atoms with E-state index in [1.807, 2.05) is 31.4 Å². The summed E-state index contributed by atoms with van der Waals surface area (Å²) in [5.74, 6) is -1.27. The summed E-state index contributed by atoms with van der Waals surface area (Å²) >= 11 is 1.70. The molecule has 3 heterocycles. The average molecular weight is 454 g/mol. The predicted molar refractivity (Wildman–Crippen MR) is 120 cm³/mol. The molecule has 1 aliphatic heterocycles. The number of halogens is 1. The van der Waals surface area contributed by atoms with Crippen molar-refractivity contribution in [1.82, 2.24) is 14.8 Å². The lowest BCUT2D eigenvalue weighted by Gasteiger charge is -2.22. The zero-order chi connectivity index (χ0) is 23.0. The lowest BCUT2D eigenvalue weighted by atomic mass is 9.92. The van der Waals surface area contributed by atoms with E-state index in [9.17, 15) is 18.8 Å². The Morgan fingerprint density at radius 2 is 1.88 bits per heavy atom. The largest absolute Gasteiger partial charge is 0.348 e. The molecule has 8 heteroatoms. The van der Waals surface area contributed by atoms with E-state index in [1.165, 1.54) is 29.1 Å². The Bertz CT molecular complexity index is 1180. The highest BCUT2D eigenvalue weighted by Crippen LogP contribution is 2.29. The minimum atomic E-state index is -1.34. The van der Waals surface area contributed by atoms with E-state index in [4.69, 9.17) is 0 Å². The number of nitrogens with one attached hydrogen (secondary N) is 1. The van der Waals surface area contributed by atoms with Gasteiger partial charge in [-0.2, -0.15) is 0 Å². The van der Waals surface area contributed by atoms with E-state index >= 15 is 0 Å². The average Bonchev–Trinajstić information content (AvgIpc) is 3.42. The number of thiophene rings is 1. The molecule has 2 aromatic heterocycles. The first-order valence-electron chi connectivity index (χ1n) is 10.3. The molecule has 0 aliphatic carbocycles. The van der Waals surface area contributed by atoms with Crippen molar-refractivity contribution in [3.8, 4) is 0 Å². The number of rotatable bonds is 7. The zero-order valence-corrected chi connectivity index (χ0v) is 19.0. The fourth-order valence-electron chi connectivity index (χ4n) is 4.15. The summed E-state index contributed by atoms with van der Waals surface area (Å²) in [5, 5.41) is 4.69. The van der Waals surface area contributed by atoms with Crippen LogP contribution in [-0.4, -0.2) is 33.7 Å². The zero-order valence-electron chi connectivity index (χ0n) is 18.1. The van der Waals surface area contributed by atoms with Crippen LogP contribution in [0.1, 0.15) is 39.1 Å². The Morgan fingerprint density at radius 3 is 2.53 bits per heavy atom. The van der Waals surface area contributed by atoms with Crippen LogP contribution in [0.25, 0.3) is 0 Å². The van der Waals surface area contributed by atoms with Crippen LogP contribution in [0.15, 0.2) is 47.8 Å². The standard InChI is InChI=1S/C24H24FN3O3S/c1-15-13-20(16(2)27(15)11-10-19-5-4-12-32-19)21(29)14-28-22(30)24(3,26-23(28)31)17-6-8-18(25)9-7-17/h4-9,12-13H,10-11,14H2,1-3H3,(H,26,31)/t24-/m0/s1. The Morgan fingerprint density at radius 1 is 1.16 bits per heavy atom. The van der Waals surface area contributed by atoms with E-state index in [-0.39, 0.29) is 12.3 Å². The van der Waals surface area contributed by atoms with Gasteiger partial charge in [0, 0.05) is 28.4 Å². The molecule has 1 atom stereocenters. The summed E-state index contributed by atoms with van der Waals surface area (Å²) in [6.07, 6.45) is 0.866. The molecule has 32 heavy (non-hydrogen) atoms. The molecule has 1 N–H and O–H groups in total. The van der Waals surface area contributed by atoms with Gasteiger partial charge in [-0.05, 0) is 62.4 Å². The van der Waals surface area contributed by atoms with Gasteiger partial charge in [0.25, 0.3) is 5.91 Å². The highest BCUT2D eigenvalue weighted by atomic mass is 32.1. The van der Waals surface area contributed by atoms with E-state index in [2.05, 4.69) is 16.0 Å². The van der Waals surface area contributed by atoms with Crippen LogP contribution in [0.5, 0.6) is 0 Å². The van der Waals surface area contributed by atoms with Crippen molar-refractivity contribution in [2.24, 2.45) is 0 Å². The SMILES string of the molecule is Cc1cc(C(=O)CN2C(=O)N[C@@](C)(c3ccc(F)cc3)C2=O)c(C)n1CCc1cccs1. The molecular formula is C24H24FN3O3S. The Balaban J connectivity index is 1.51. The summed E-state index contributed by atoms with van der Waals surface area (Å²) in [6.45, 7) is 5.77. The fraction of sp³-hybridized carbons (Fsp3) is 0.292. The summed E-state index contributed by atoms with van der Waals surface area (Å²) < 4.78 is 15.4. The van der Waals surface area contributed by atoms with Crippen LogP contribution in [0, 0.1) is 19.7 Å².